The van der Waals surface area contributed by atoms with Crippen LogP contribution in [0.1, 0.15) is 39.5 Å². The van der Waals surface area contributed by atoms with Crippen molar-refractivity contribution in [3.63, 3.8) is 0 Å². The summed E-state index contributed by atoms with van der Waals surface area (Å²) in [5.41, 5.74) is 0.152. The molecule has 1 saturated carbocycles. The van der Waals surface area contributed by atoms with Gasteiger partial charge in [0.1, 0.15) is 0 Å². The van der Waals surface area contributed by atoms with E-state index in [9.17, 15) is 4.79 Å². The van der Waals surface area contributed by atoms with Gasteiger partial charge in [0.05, 0.1) is 5.92 Å². The molecule has 0 aromatic carbocycles. The molecule has 0 radical (unpaired) electrons. The molecule has 0 aromatic rings. The largest absolute Gasteiger partial charge is 0.350 e. The zero-order chi connectivity index (χ0) is 10.9. The fraction of sp³-hybridized carbons (Fsp3) is 0.917. The molecular weight excluding hydrogens is 188 g/mol. The fourth-order valence-electron chi connectivity index (χ4n) is 2.69. The van der Waals surface area contributed by atoms with Crippen molar-refractivity contribution in [3.05, 3.63) is 0 Å². The second-order valence-corrected chi connectivity index (χ2v) is 5.22. The monoisotopic (exact) mass is 210 g/mol. The molecular formula is C12H22N2O. The van der Waals surface area contributed by atoms with Gasteiger partial charge >= 0.3 is 0 Å². The number of nitrogens with one attached hydrogen (secondary N) is 2. The molecule has 2 rings (SSSR count). The Balaban J connectivity index is 1.91. The quantitative estimate of drug-likeness (QED) is 0.737. The van der Waals surface area contributed by atoms with E-state index in [0.717, 1.165) is 19.5 Å². The van der Waals surface area contributed by atoms with E-state index in [4.69, 9.17) is 0 Å². The molecule has 1 aliphatic heterocycles. The molecule has 1 saturated heterocycles. The third kappa shape index (κ3) is 2.03. The Hall–Kier alpha value is -0.570. The Morgan fingerprint density at radius 1 is 1.47 bits per heavy atom. The van der Waals surface area contributed by atoms with Gasteiger partial charge in [0.25, 0.3) is 0 Å². The Morgan fingerprint density at radius 2 is 2.20 bits per heavy atom. The van der Waals surface area contributed by atoms with E-state index < -0.39 is 0 Å². The van der Waals surface area contributed by atoms with Gasteiger partial charge in [0.2, 0.25) is 5.91 Å². The van der Waals surface area contributed by atoms with E-state index in [2.05, 4.69) is 24.5 Å². The smallest absolute Gasteiger partial charge is 0.225 e. The molecule has 2 aliphatic rings. The van der Waals surface area contributed by atoms with E-state index >= 15 is 0 Å². The van der Waals surface area contributed by atoms with E-state index in [-0.39, 0.29) is 17.4 Å². The number of carbonyl (C=O) groups is 1. The first-order valence-corrected chi connectivity index (χ1v) is 6.19. The average Bonchev–Trinajstić information content (AvgIpc) is 2.58. The highest BCUT2D eigenvalue weighted by Crippen LogP contribution is 2.35. The van der Waals surface area contributed by atoms with Crippen molar-refractivity contribution in [2.75, 3.05) is 13.1 Å². The van der Waals surface area contributed by atoms with Crippen LogP contribution in [0.5, 0.6) is 0 Å². The highest BCUT2D eigenvalue weighted by atomic mass is 16.2. The third-order valence-corrected chi connectivity index (χ3v) is 4.23. The number of amides is 1. The predicted molar refractivity (Wildman–Crippen MR) is 60.5 cm³/mol. The van der Waals surface area contributed by atoms with E-state index in [0.29, 0.717) is 5.92 Å². The van der Waals surface area contributed by atoms with Crippen molar-refractivity contribution in [1.82, 2.24) is 10.6 Å². The van der Waals surface area contributed by atoms with Crippen LogP contribution in [-0.2, 0) is 4.79 Å². The second-order valence-electron chi connectivity index (χ2n) is 5.22. The summed E-state index contributed by atoms with van der Waals surface area (Å²) >= 11 is 0. The minimum atomic E-state index is 0.152. The maximum absolute atomic E-state index is 12.1. The second kappa shape index (κ2) is 4.12. The molecule has 2 fully saturated rings. The van der Waals surface area contributed by atoms with Crippen LogP contribution in [0.15, 0.2) is 0 Å². The predicted octanol–water partition coefficient (Wildman–Crippen LogP) is 1.29. The zero-order valence-corrected chi connectivity index (χ0v) is 9.81. The molecule has 0 bridgehead atoms. The van der Waals surface area contributed by atoms with Crippen LogP contribution >= 0.6 is 0 Å². The Kier molecular flexibility index (Phi) is 3.01. The van der Waals surface area contributed by atoms with Crippen LogP contribution in [0.3, 0.4) is 0 Å². The number of hydrogen-bond donors (Lipinski definition) is 2. The first-order valence-electron chi connectivity index (χ1n) is 6.19. The number of hydrogen-bond acceptors (Lipinski definition) is 2. The summed E-state index contributed by atoms with van der Waals surface area (Å²) in [6, 6.07) is 0. The van der Waals surface area contributed by atoms with E-state index in [1.54, 1.807) is 0 Å². The van der Waals surface area contributed by atoms with Crippen LogP contribution in [0, 0.1) is 11.8 Å². The fourth-order valence-corrected chi connectivity index (χ4v) is 2.69. The lowest BCUT2D eigenvalue weighted by atomic mass is 9.74. The highest BCUT2D eigenvalue weighted by molar-refractivity contribution is 5.80. The van der Waals surface area contributed by atoms with Crippen molar-refractivity contribution in [2.45, 2.75) is 45.1 Å². The lowest BCUT2D eigenvalue weighted by Crippen LogP contribution is -2.55. The molecule has 3 heteroatoms. The maximum Gasteiger partial charge on any atom is 0.225 e. The van der Waals surface area contributed by atoms with E-state index in [1.807, 2.05) is 0 Å². The van der Waals surface area contributed by atoms with Gasteiger partial charge in [-0.1, -0.05) is 13.8 Å². The molecule has 0 aromatic heterocycles. The Bertz CT molecular complexity index is 242. The molecule has 1 amide bonds. The zero-order valence-electron chi connectivity index (χ0n) is 9.81. The maximum atomic E-state index is 12.1. The topological polar surface area (TPSA) is 41.1 Å². The molecule has 3 nitrogen and oxygen atoms in total. The Morgan fingerprint density at radius 3 is 2.60 bits per heavy atom. The molecule has 1 aliphatic carbocycles. The van der Waals surface area contributed by atoms with Gasteiger partial charge in [-0.15, -0.1) is 0 Å². The van der Waals surface area contributed by atoms with Gasteiger partial charge in [-0.2, -0.15) is 0 Å². The summed E-state index contributed by atoms with van der Waals surface area (Å²) in [5.74, 6) is 0.946. The van der Waals surface area contributed by atoms with Gasteiger partial charge in [-0.05, 0) is 38.1 Å². The molecule has 2 unspecified atom stereocenters. The molecule has 2 atom stereocenters. The van der Waals surface area contributed by atoms with Crippen molar-refractivity contribution in [2.24, 2.45) is 11.8 Å². The van der Waals surface area contributed by atoms with Crippen LogP contribution in [0.2, 0.25) is 0 Å². The molecule has 0 spiro atoms. The van der Waals surface area contributed by atoms with Crippen molar-refractivity contribution >= 4 is 5.91 Å². The third-order valence-electron chi connectivity index (χ3n) is 4.23. The summed E-state index contributed by atoms with van der Waals surface area (Å²) < 4.78 is 0. The molecule has 1 heterocycles. The van der Waals surface area contributed by atoms with Crippen molar-refractivity contribution in [3.8, 4) is 0 Å². The van der Waals surface area contributed by atoms with Crippen LogP contribution < -0.4 is 10.6 Å². The lowest BCUT2D eigenvalue weighted by Gasteiger charge is -2.42. The van der Waals surface area contributed by atoms with Crippen molar-refractivity contribution < 1.29 is 4.79 Å². The van der Waals surface area contributed by atoms with Crippen molar-refractivity contribution in [1.29, 1.82) is 0 Å². The van der Waals surface area contributed by atoms with Gasteiger partial charge in [0.15, 0.2) is 0 Å². The summed E-state index contributed by atoms with van der Waals surface area (Å²) in [5, 5.41) is 6.55. The standard InChI is InChI=1S/C12H22N2O/c1-3-12(5-4-6-12)14-11(15)10-8-13-7-9(10)2/h9-10,13H,3-8H2,1-2H3,(H,14,15). The van der Waals surface area contributed by atoms with Crippen LogP contribution in [0.25, 0.3) is 0 Å². The van der Waals surface area contributed by atoms with Crippen LogP contribution in [0.4, 0.5) is 0 Å². The summed E-state index contributed by atoms with van der Waals surface area (Å²) in [4.78, 5) is 12.1. The first-order chi connectivity index (χ1) is 7.17. The van der Waals surface area contributed by atoms with Gasteiger partial charge < -0.3 is 10.6 Å². The molecule has 15 heavy (non-hydrogen) atoms. The molecule has 2 N–H and O–H groups in total. The minimum absolute atomic E-state index is 0.152. The van der Waals surface area contributed by atoms with Gasteiger partial charge in [-0.25, -0.2) is 0 Å². The minimum Gasteiger partial charge on any atom is -0.350 e. The van der Waals surface area contributed by atoms with E-state index in [1.165, 1.54) is 19.3 Å². The summed E-state index contributed by atoms with van der Waals surface area (Å²) in [6.45, 7) is 6.17. The first kappa shape index (κ1) is 10.9. The van der Waals surface area contributed by atoms with Gasteiger partial charge in [0, 0.05) is 12.1 Å². The normalized spacial score (nSPS) is 33.5. The molecule has 86 valence electrons. The summed E-state index contributed by atoms with van der Waals surface area (Å²) in [7, 11) is 0. The highest BCUT2D eigenvalue weighted by Gasteiger charge is 2.39. The number of rotatable bonds is 3. The lowest BCUT2D eigenvalue weighted by molar-refractivity contribution is -0.128. The van der Waals surface area contributed by atoms with Gasteiger partial charge in [-0.3, -0.25) is 4.79 Å². The van der Waals surface area contributed by atoms with Crippen LogP contribution in [-0.4, -0.2) is 24.5 Å². The SMILES string of the molecule is CCC1(NC(=O)C2CNCC2C)CCC1. The Labute approximate surface area is 92.0 Å². The average molecular weight is 210 g/mol. The number of carbonyl (C=O) groups excluding carboxylic acids is 1. The summed E-state index contributed by atoms with van der Waals surface area (Å²) in [6.07, 6.45) is 4.69.